The average Bonchev–Trinajstić information content (AvgIpc) is 2.76. The lowest BCUT2D eigenvalue weighted by molar-refractivity contribution is 0.764. The largest absolute Gasteiger partial charge is 0.309 e. The molecule has 0 fully saturated rings. The van der Waals surface area contributed by atoms with Gasteiger partial charge in [0, 0.05) is 31.0 Å². The first kappa shape index (κ1) is 9.36. The van der Waals surface area contributed by atoms with Crippen LogP contribution in [0.25, 0.3) is 5.69 Å². The van der Waals surface area contributed by atoms with E-state index in [2.05, 4.69) is 5.32 Å². The molecule has 1 N–H and O–H groups in total. The van der Waals surface area contributed by atoms with Gasteiger partial charge in [-0.3, -0.25) is 9.36 Å². The number of hydrogen-bond acceptors (Lipinski definition) is 2. The van der Waals surface area contributed by atoms with E-state index in [0.717, 1.165) is 24.3 Å². The van der Waals surface area contributed by atoms with Crippen LogP contribution in [0.5, 0.6) is 0 Å². The van der Waals surface area contributed by atoms with Crippen LogP contribution in [0.4, 0.5) is 0 Å². The highest BCUT2D eigenvalue weighted by Gasteiger charge is 2.12. The van der Waals surface area contributed by atoms with E-state index < -0.39 is 0 Å². The monoisotopic (exact) mass is 212 g/mol. The number of pyridine rings is 1. The molecule has 1 aromatic heterocycles. The maximum absolute atomic E-state index is 11.9. The quantitative estimate of drug-likeness (QED) is 0.776. The topological polar surface area (TPSA) is 34.0 Å². The molecule has 3 rings (SSSR count). The Kier molecular flexibility index (Phi) is 2.11. The van der Waals surface area contributed by atoms with Gasteiger partial charge in [-0.15, -0.1) is 0 Å². The number of nitrogens with zero attached hydrogens (tertiary/aromatic N) is 1. The van der Waals surface area contributed by atoms with Gasteiger partial charge in [0.1, 0.15) is 0 Å². The van der Waals surface area contributed by atoms with Gasteiger partial charge in [0.05, 0.1) is 0 Å². The van der Waals surface area contributed by atoms with Crippen LogP contribution in [0.3, 0.4) is 0 Å². The Hall–Kier alpha value is -1.87. The molecule has 3 heteroatoms. The van der Waals surface area contributed by atoms with Crippen molar-refractivity contribution in [3.8, 4) is 5.69 Å². The predicted molar refractivity (Wildman–Crippen MR) is 62.6 cm³/mol. The second kappa shape index (κ2) is 3.61. The van der Waals surface area contributed by atoms with E-state index in [1.165, 1.54) is 5.56 Å². The van der Waals surface area contributed by atoms with E-state index in [4.69, 9.17) is 0 Å². The molecule has 80 valence electrons. The summed E-state index contributed by atoms with van der Waals surface area (Å²) in [6, 6.07) is 11.4. The lowest BCUT2D eigenvalue weighted by atomic mass is 10.2. The molecule has 0 unspecified atom stereocenters. The summed E-state index contributed by atoms with van der Waals surface area (Å²) in [5, 5.41) is 3.24. The van der Waals surface area contributed by atoms with Gasteiger partial charge in [-0.25, -0.2) is 0 Å². The van der Waals surface area contributed by atoms with Crippen LogP contribution in [0, 0.1) is 0 Å². The van der Waals surface area contributed by atoms with Gasteiger partial charge in [-0.05, 0) is 23.3 Å². The van der Waals surface area contributed by atoms with Gasteiger partial charge >= 0.3 is 0 Å². The molecule has 0 aliphatic carbocycles. The summed E-state index contributed by atoms with van der Waals surface area (Å²) in [4.78, 5) is 11.9. The number of fused-ring (bicyclic) bond motifs is 1. The van der Waals surface area contributed by atoms with Gasteiger partial charge in [0.15, 0.2) is 0 Å². The van der Waals surface area contributed by atoms with Crippen molar-refractivity contribution in [3.63, 3.8) is 0 Å². The number of nitrogens with one attached hydrogen (secondary N) is 1. The van der Waals surface area contributed by atoms with Gasteiger partial charge < -0.3 is 5.32 Å². The van der Waals surface area contributed by atoms with Crippen molar-refractivity contribution in [2.45, 2.75) is 13.1 Å². The van der Waals surface area contributed by atoms with Crippen molar-refractivity contribution in [1.29, 1.82) is 0 Å². The Labute approximate surface area is 93.4 Å². The van der Waals surface area contributed by atoms with E-state index in [0.29, 0.717) is 0 Å². The number of benzene rings is 1. The molecule has 1 aliphatic rings. The highest BCUT2D eigenvalue weighted by molar-refractivity contribution is 5.36. The minimum Gasteiger partial charge on any atom is -0.309 e. The van der Waals surface area contributed by atoms with E-state index in [1.54, 1.807) is 10.6 Å². The van der Waals surface area contributed by atoms with Crippen molar-refractivity contribution in [1.82, 2.24) is 9.88 Å². The number of rotatable bonds is 1. The Balaban J connectivity index is 2.19. The zero-order valence-electron chi connectivity index (χ0n) is 8.81. The molecule has 1 aliphatic heterocycles. The summed E-state index contributed by atoms with van der Waals surface area (Å²) in [7, 11) is 0. The van der Waals surface area contributed by atoms with Gasteiger partial charge in [0.25, 0.3) is 5.56 Å². The second-order valence-electron chi connectivity index (χ2n) is 3.97. The smallest absolute Gasteiger partial charge is 0.255 e. The summed E-state index contributed by atoms with van der Waals surface area (Å²) in [5.74, 6) is 0. The van der Waals surface area contributed by atoms with Crippen molar-refractivity contribution >= 4 is 0 Å². The average molecular weight is 212 g/mol. The van der Waals surface area contributed by atoms with Crippen molar-refractivity contribution in [2.75, 3.05) is 0 Å². The zero-order chi connectivity index (χ0) is 11.0. The normalized spacial score (nSPS) is 13.8. The van der Waals surface area contributed by atoms with Crippen molar-refractivity contribution in [2.24, 2.45) is 0 Å². The van der Waals surface area contributed by atoms with Crippen LogP contribution < -0.4 is 10.9 Å². The number of para-hydroxylation sites is 1. The van der Waals surface area contributed by atoms with Crippen LogP contribution in [-0.2, 0) is 13.1 Å². The molecule has 0 radical (unpaired) electrons. The van der Waals surface area contributed by atoms with Crippen LogP contribution in [0.2, 0.25) is 0 Å². The molecule has 0 spiro atoms. The van der Waals surface area contributed by atoms with Crippen LogP contribution >= 0.6 is 0 Å². The predicted octanol–water partition coefficient (Wildman–Crippen LogP) is 1.44. The minimum atomic E-state index is 0.0358. The van der Waals surface area contributed by atoms with Gasteiger partial charge in [-0.2, -0.15) is 0 Å². The van der Waals surface area contributed by atoms with E-state index in [9.17, 15) is 4.79 Å². The van der Waals surface area contributed by atoms with Crippen LogP contribution in [0.15, 0.2) is 47.4 Å². The van der Waals surface area contributed by atoms with Gasteiger partial charge in [0.2, 0.25) is 0 Å². The fraction of sp³-hybridized carbons (Fsp3) is 0.154. The Morgan fingerprint density at radius 1 is 1.06 bits per heavy atom. The summed E-state index contributed by atoms with van der Waals surface area (Å²) < 4.78 is 1.70. The highest BCUT2D eigenvalue weighted by atomic mass is 16.1. The maximum atomic E-state index is 11.9. The molecule has 0 atom stereocenters. The molecule has 0 saturated carbocycles. The first-order valence-electron chi connectivity index (χ1n) is 5.35. The second-order valence-corrected chi connectivity index (χ2v) is 3.97. The fourth-order valence-electron chi connectivity index (χ4n) is 2.06. The Morgan fingerprint density at radius 2 is 1.81 bits per heavy atom. The Bertz CT molecular complexity index is 572. The summed E-state index contributed by atoms with van der Waals surface area (Å²) in [6.07, 6.45) is 1.94. The molecule has 1 aromatic carbocycles. The fourth-order valence-corrected chi connectivity index (χ4v) is 2.06. The first-order chi connectivity index (χ1) is 7.84. The third kappa shape index (κ3) is 1.46. The summed E-state index contributed by atoms with van der Waals surface area (Å²) in [5.41, 5.74) is 3.29. The molecule has 3 nitrogen and oxygen atoms in total. The first-order valence-corrected chi connectivity index (χ1v) is 5.35. The molecule has 16 heavy (non-hydrogen) atoms. The number of hydrogen-bond donors (Lipinski definition) is 1. The molecular weight excluding hydrogens is 200 g/mol. The van der Waals surface area contributed by atoms with Crippen LogP contribution in [0.1, 0.15) is 11.1 Å². The Morgan fingerprint density at radius 3 is 2.62 bits per heavy atom. The lowest BCUT2D eigenvalue weighted by Gasteiger charge is -2.07. The standard InChI is InChI=1S/C13H12N2O/c16-13-6-10-7-14-8-11(10)9-15(13)12-4-2-1-3-5-12/h1-6,9,14H,7-8H2. The molecule has 0 bridgehead atoms. The highest BCUT2D eigenvalue weighted by Crippen LogP contribution is 2.14. The van der Waals surface area contributed by atoms with E-state index in [-0.39, 0.29) is 5.56 Å². The third-order valence-corrected chi connectivity index (χ3v) is 2.90. The minimum absolute atomic E-state index is 0.0358. The lowest BCUT2D eigenvalue weighted by Crippen LogP contribution is -2.17. The molecule has 2 heterocycles. The summed E-state index contributed by atoms with van der Waals surface area (Å²) in [6.45, 7) is 1.66. The zero-order valence-corrected chi connectivity index (χ0v) is 8.81. The SMILES string of the molecule is O=c1cc2c(cn1-c1ccccc1)CNC2. The molecular formula is C13H12N2O. The molecule has 0 amide bonds. The summed E-state index contributed by atoms with van der Waals surface area (Å²) >= 11 is 0. The number of aromatic nitrogens is 1. The maximum Gasteiger partial charge on any atom is 0.255 e. The van der Waals surface area contributed by atoms with Gasteiger partial charge in [-0.1, -0.05) is 18.2 Å². The van der Waals surface area contributed by atoms with E-state index >= 15 is 0 Å². The molecule has 2 aromatic rings. The third-order valence-electron chi connectivity index (χ3n) is 2.90. The van der Waals surface area contributed by atoms with Crippen LogP contribution in [-0.4, -0.2) is 4.57 Å². The van der Waals surface area contributed by atoms with Crippen molar-refractivity contribution < 1.29 is 0 Å². The van der Waals surface area contributed by atoms with E-state index in [1.807, 2.05) is 36.5 Å². The molecule has 0 saturated heterocycles. The van der Waals surface area contributed by atoms with Crippen molar-refractivity contribution in [3.05, 3.63) is 64.1 Å².